The lowest BCUT2D eigenvalue weighted by atomic mass is 10.3. The molecule has 0 saturated carbocycles. The summed E-state index contributed by atoms with van der Waals surface area (Å²) in [7, 11) is 1.33. The van der Waals surface area contributed by atoms with Crippen molar-refractivity contribution in [3.63, 3.8) is 0 Å². The number of pyridine rings is 1. The summed E-state index contributed by atoms with van der Waals surface area (Å²) in [5.74, 6) is 0.118. The maximum absolute atomic E-state index is 11.4. The number of rotatable bonds is 4. The summed E-state index contributed by atoms with van der Waals surface area (Å²) in [5.41, 5.74) is 7.57. The lowest BCUT2D eigenvalue weighted by Crippen LogP contribution is -2.05. The monoisotopic (exact) mass is 308 g/mol. The average molecular weight is 309 g/mol. The number of aromatic nitrogens is 1. The molecule has 1 heterocycles. The van der Waals surface area contributed by atoms with Gasteiger partial charge in [0.25, 0.3) is 0 Å². The molecule has 0 atom stereocenters. The second-order valence-corrected chi connectivity index (χ2v) is 5.35. The van der Waals surface area contributed by atoms with E-state index in [0.717, 1.165) is 10.6 Å². The molecule has 0 saturated heterocycles. The number of nitrogens with two attached hydrogens (primary N) is 1. The molecule has 6 heteroatoms. The normalized spacial score (nSPS) is 10.3. The maximum atomic E-state index is 11.4. The summed E-state index contributed by atoms with van der Waals surface area (Å²) in [5, 5.41) is 0.610. The second kappa shape index (κ2) is 6.63. The first kappa shape index (κ1) is 14.7. The number of thioether (sulfide) groups is 1. The molecule has 2 aromatic rings. The minimum atomic E-state index is -0.450. The molecule has 0 unspecified atom stereocenters. The standard InChI is InChI=1S/C14H13ClN2O2S/c1-19-14(18)12-7-2-4-9(17-12)8-20-13-10(15)5-3-6-11(13)16/h2-7H,8,16H2,1H3. The molecule has 0 aliphatic heterocycles. The van der Waals surface area contributed by atoms with E-state index in [1.807, 2.05) is 6.07 Å². The molecule has 1 aromatic carbocycles. The van der Waals surface area contributed by atoms with Crippen molar-refractivity contribution < 1.29 is 9.53 Å². The van der Waals surface area contributed by atoms with Gasteiger partial charge in [0.2, 0.25) is 0 Å². The zero-order valence-corrected chi connectivity index (χ0v) is 12.4. The highest BCUT2D eigenvalue weighted by molar-refractivity contribution is 7.98. The zero-order valence-electron chi connectivity index (χ0n) is 10.8. The number of hydrogen-bond acceptors (Lipinski definition) is 5. The van der Waals surface area contributed by atoms with Gasteiger partial charge in [-0.15, -0.1) is 11.8 Å². The van der Waals surface area contributed by atoms with Gasteiger partial charge in [0.05, 0.1) is 17.8 Å². The van der Waals surface area contributed by atoms with Crippen LogP contribution in [0.3, 0.4) is 0 Å². The molecule has 20 heavy (non-hydrogen) atoms. The molecule has 0 aliphatic rings. The van der Waals surface area contributed by atoms with Crippen molar-refractivity contribution in [3.05, 3.63) is 52.8 Å². The van der Waals surface area contributed by atoms with Crippen LogP contribution in [0.15, 0.2) is 41.3 Å². The van der Waals surface area contributed by atoms with E-state index < -0.39 is 5.97 Å². The van der Waals surface area contributed by atoms with Crippen molar-refractivity contribution in [2.75, 3.05) is 12.8 Å². The van der Waals surface area contributed by atoms with Crippen LogP contribution >= 0.6 is 23.4 Å². The molecule has 0 radical (unpaired) electrons. The van der Waals surface area contributed by atoms with E-state index in [-0.39, 0.29) is 5.69 Å². The van der Waals surface area contributed by atoms with Crippen LogP contribution < -0.4 is 5.73 Å². The molecule has 2 rings (SSSR count). The van der Waals surface area contributed by atoms with Crippen molar-refractivity contribution in [2.24, 2.45) is 0 Å². The van der Waals surface area contributed by atoms with Gasteiger partial charge in [-0.1, -0.05) is 23.7 Å². The Labute approximate surface area is 126 Å². The van der Waals surface area contributed by atoms with Crippen molar-refractivity contribution in [1.82, 2.24) is 4.98 Å². The van der Waals surface area contributed by atoms with Gasteiger partial charge in [-0.25, -0.2) is 9.78 Å². The van der Waals surface area contributed by atoms with Gasteiger partial charge >= 0.3 is 5.97 Å². The largest absolute Gasteiger partial charge is 0.464 e. The highest BCUT2D eigenvalue weighted by Gasteiger charge is 2.09. The summed E-state index contributed by atoms with van der Waals surface area (Å²) in [6.07, 6.45) is 0. The molecule has 0 spiro atoms. The van der Waals surface area contributed by atoms with Crippen LogP contribution in [-0.4, -0.2) is 18.1 Å². The fourth-order valence-electron chi connectivity index (χ4n) is 1.60. The number of methoxy groups -OCH3 is 1. The quantitative estimate of drug-likeness (QED) is 0.533. The molecule has 1 aromatic heterocycles. The Bertz CT molecular complexity index is 614. The summed E-state index contributed by atoms with van der Waals surface area (Å²) in [4.78, 5) is 16.5. The first-order chi connectivity index (χ1) is 9.61. The molecule has 4 nitrogen and oxygen atoms in total. The van der Waals surface area contributed by atoms with Crippen molar-refractivity contribution in [2.45, 2.75) is 10.6 Å². The van der Waals surface area contributed by atoms with Crippen LogP contribution in [-0.2, 0) is 10.5 Å². The molecule has 0 fully saturated rings. The Hall–Kier alpha value is -1.72. The Morgan fingerprint density at radius 1 is 1.35 bits per heavy atom. The first-order valence-corrected chi connectivity index (χ1v) is 7.19. The van der Waals surface area contributed by atoms with E-state index in [2.05, 4.69) is 9.72 Å². The Morgan fingerprint density at radius 3 is 2.80 bits per heavy atom. The third-order valence-corrected chi connectivity index (χ3v) is 4.17. The number of esters is 1. The summed E-state index contributed by atoms with van der Waals surface area (Å²) >= 11 is 7.59. The van der Waals surface area contributed by atoms with Gasteiger partial charge in [-0.3, -0.25) is 0 Å². The van der Waals surface area contributed by atoms with Crippen LogP contribution in [0.1, 0.15) is 16.2 Å². The predicted octanol–water partition coefficient (Wildman–Crippen LogP) is 3.40. The number of nitrogens with zero attached hydrogens (tertiary/aromatic N) is 1. The summed E-state index contributed by atoms with van der Waals surface area (Å²) in [6.45, 7) is 0. The van der Waals surface area contributed by atoms with E-state index >= 15 is 0 Å². The minimum Gasteiger partial charge on any atom is -0.464 e. The highest BCUT2D eigenvalue weighted by Crippen LogP contribution is 2.34. The van der Waals surface area contributed by atoms with Crippen LogP contribution in [0.4, 0.5) is 5.69 Å². The van der Waals surface area contributed by atoms with Crippen molar-refractivity contribution in [1.29, 1.82) is 0 Å². The molecule has 104 valence electrons. The Kier molecular flexibility index (Phi) is 4.87. The fraction of sp³-hybridized carbons (Fsp3) is 0.143. The van der Waals surface area contributed by atoms with Gasteiger partial charge in [0.15, 0.2) is 0 Å². The second-order valence-electron chi connectivity index (χ2n) is 3.95. The van der Waals surface area contributed by atoms with Crippen LogP contribution in [0, 0.1) is 0 Å². The number of carbonyl (C=O) groups is 1. The molecule has 0 amide bonds. The minimum absolute atomic E-state index is 0.290. The summed E-state index contributed by atoms with van der Waals surface area (Å²) < 4.78 is 4.64. The van der Waals surface area contributed by atoms with Gasteiger partial charge in [-0.2, -0.15) is 0 Å². The SMILES string of the molecule is COC(=O)c1cccc(CSc2c(N)cccc2Cl)n1. The number of carbonyl (C=O) groups excluding carboxylic acids is 1. The van der Waals surface area contributed by atoms with E-state index in [1.54, 1.807) is 30.3 Å². The number of hydrogen-bond donors (Lipinski definition) is 1. The van der Waals surface area contributed by atoms with Gasteiger partial charge in [0.1, 0.15) is 5.69 Å². The molecule has 2 N–H and O–H groups in total. The van der Waals surface area contributed by atoms with E-state index in [1.165, 1.54) is 18.9 Å². The molecular formula is C14H13ClN2O2S. The number of benzene rings is 1. The topological polar surface area (TPSA) is 65.2 Å². The molecule has 0 bridgehead atoms. The first-order valence-electron chi connectivity index (χ1n) is 5.83. The van der Waals surface area contributed by atoms with E-state index in [9.17, 15) is 4.79 Å². The fourth-order valence-corrected chi connectivity index (χ4v) is 2.84. The maximum Gasteiger partial charge on any atom is 0.356 e. The van der Waals surface area contributed by atoms with Gasteiger partial charge in [0, 0.05) is 16.3 Å². The number of halogens is 1. The Balaban J connectivity index is 2.13. The lowest BCUT2D eigenvalue weighted by molar-refractivity contribution is 0.0594. The van der Waals surface area contributed by atoms with Crippen LogP contribution in [0.2, 0.25) is 5.02 Å². The van der Waals surface area contributed by atoms with E-state index in [0.29, 0.717) is 16.5 Å². The average Bonchev–Trinajstić information content (AvgIpc) is 2.46. The zero-order chi connectivity index (χ0) is 14.5. The third kappa shape index (κ3) is 3.43. The predicted molar refractivity (Wildman–Crippen MR) is 81.0 cm³/mol. The smallest absolute Gasteiger partial charge is 0.356 e. The van der Waals surface area contributed by atoms with Crippen molar-refractivity contribution >= 4 is 35.0 Å². The number of nitrogen functional groups attached to an aromatic ring is 1. The lowest BCUT2D eigenvalue weighted by Gasteiger charge is -2.07. The molecule has 0 aliphatic carbocycles. The van der Waals surface area contributed by atoms with Crippen LogP contribution in [0.5, 0.6) is 0 Å². The van der Waals surface area contributed by atoms with Gasteiger partial charge < -0.3 is 10.5 Å². The van der Waals surface area contributed by atoms with E-state index in [4.69, 9.17) is 17.3 Å². The van der Waals surface area contributed by atoms with Gasteiger partial charge in [-0.05, 0) is 24.3 Å². The highest BCUT2D eigenvalue weighted by atomic mass is 35.5. The third-order valence-electron chi connectivity index (χ3n) is 2.56. The number of ether oxygens (including phenoxy) is 1. The number of anilines is 1. The summed E-state index contributed by atoms with van der Waals surface area (Å²) in [6, 6.07) is 10.6. The van der Waals surface area contributed by atoms with Crippen LogP contribution in [0.25, 0.3) is 0 Å². The van der Waals surface area contributed by atoms with Crippen molar-refractivity contribution in [3.8, 4) is 0 Å². The Morgan fingerprint density at radius 2 is 2.10 bits per heavy atom. The molecular weight excluding hydrogens is 296 g/mol.